The average Bonchev–Trinajstić information content (AvgIpc) is 2.48. The number of nitrogens with zero attached hydrogens (tertiary/aromatic N) is 2. The van der Waals surface area contributed by atoms with Crippen LogP contribution in [0.2, 0.25) is 10.0 Å². The highest BCUT2D eigenvalue weighted by molar-refractivity contribution is 6.42. The van der Waals surface area contributed by atoms with Gasteiger partial charge < -0.3 is 9.80 Å². The molecule has 0 bridgehead atoms. The molecule has 0 unspecified atom stereocenters. The van der Waals surface area contributed by atoms with Crippen LogP contribution in [-0.2, 0) is 4.79 Å². The highest BCUT2D eigenvalue weighted by Crippen LogP contribution is 2.23. The molecule has 4 nitrogen and oxygen atoms in total. The number of hydrogen-bond acceptors (Lipinski definition) is 2. The van der Waals surface area contributed by atoms with Gasteiger partial charge in [0.15, 0.2) is 0 Å². The van der Waals surface area contributed by atoms with Gasteiger partial charge in [-0.25, -0.2) is 0 Å². The zero-order valence-electron chi connectivity index (χ0n) is 10.8. The summed E-state index contributed by atoms with van der Waals surface area (Å²) in [5.41, 5.74) is 0.503. The highest BCUT2D eigenvalue weighted by atomic mass is 35.5. The molecular formula is C14H14Cl2N2O2. The summed E-state index contributed by atoms with van der Waals surface area (Å²) in [6.07, 6.45) is 1.29. The summed E-state index contributed by atoms with van der Waals surface area (Å²) in [6, 6.07) is 4.82. The second kappa shape index (κ2) is 6.29. The minimum absolute atomic E-state index is 0.103. The predicted molar refractivity (Wildman–Crippen MR) is 79.1 cm³/mol. The fourth-order valence-corrected chi connectivity index (χ4v) is 2.37. The molecule has 0 saturated carbocycles. The molecule has 1 saturated heterocycles. The van der Waals surface area contributed by atoms with Gasteiger partial charge in [0.05, 0.1) is 10.0 Å². The Morgan fingerprint density at radius 2 is 1.65 bits per heavy atom. The van der Waals surface area contributed by atoms with E-state index in [0.29, 0.717) is 41.8 Å². The highest BCUT2D eigenvalue weighted by Gasteiger charge is 2.23. The zero-order valence-corrected chi connectivity index (χ0v) is 12.3. The molecule has 1 heterocycles. The van der Waals surface area contributed by atoms with Gasteiger partial charge in [0.25, 0.3) is 5.91 Å². The van der Waals surface area contributed by atoms with Crippen LogP contribution in [-0.4, -0.2) is 47.8 Å². The first kappa shape index (κ1) is 14.9. The summed E-state index contributed by atoms with van der Waals surface area (Å²) in [5, 5.41) is 0.780. The van der Waals surface area contributed by atoms with Crippen LogP contribution in [0.25, 0.3) is 0 Å². The first-order valence-electron chi connectivity index (χ1n) is 6.18. The van der Waals surface area contributed by atoms with Gasteiger partial charge in [-0.1, -0.05) is 29.8 Å². The zero-order chi connectivity index (χ0) is 14.7. The Labute approximate surface area is 127 Å². The molecule has 1 aromatic carbocycles. The van der Waals surface area contributed by atoms with Crippen molar-refractivity contribution < 1.29 is 9.59 Å². The summed E-state index contributed by atoms with van der Waals surface area (Å²) < 4.78 is 0. The van der Waals surface area contributed by atoms with Crippen LogP contribution in [0, 0.1) is 0 Å². The molecule has 0 aromatic heterocycles. The lowest BCUT2D eigenvalue weighted by Gasteiger charge is -2.34. The lowest BCUT2D eigenvalue weighted by Crippen LogP contribution is -2.50. The van der Waals surface area contributed by atoms with E-state index in [0.717, 1.165) is 0 Å². The number of amides is 2. The van der Waals surface area contributed by atoms with Crippen LogP contribution in [0.5, 0.6) is 0 Å². The lowest BCUT2D eigenvalue weighted by molar-refractivity contribution is -0.127. The molecule has 0 aliphatic carbocycles. The normalized spacial score (nSPS) is 15.1. The van der Waals surface area contributed by atoms with Crippen molar-refractivity contribution in [3.8, 4) is 0 Å². The van der Waals surface area contributed by atoms with Gasteiger partial charge in [-0.15, -0.1) is 0 Å². The maximum Gasteiger partial charge on any atom is 0.254 e. The Kier molecular flexibility index (Phi) is 4.68. The summed E-state index contributed by atoms with van der Waals surface area (Å²) >= 11 is 11.7. The minimum atomic E-state index is -0.105. The van der Waals surface area contributed by atoms with E-state index in [1.165, 1.54) is 6.08 Å². The number of rotatable bonds is 2. The molecule has 0 atom stereocenters. The number of carbonyl (C=O) groups is 2. The van der Waals surface area contributed by atoms with Crippen molar-refractivity contribution in [2.24, 2.45) is 0 Å². The Bertz CT molecular complexity index is 552. The molecule has 0 radical (unpaired) electrons. The van der Waals surface area contributed by atoms with Crippen molar-refractivity contribution in [2.75, 3.05) is 26.2 Å². The monoisotopic (exact) mass is 312 g/mol. The van der Waals surface area contributed by atoms with E-state index >= 15 is 0 Å². The molecule has 20 heavy (non-hydrogen) atoms. The third-order valence-corrected chi connectivity index (χ3v) is 3.96. The first-order chi connectivity index (χ1) is 9.52. The van der Waals surface area contributed by atoms with E-state index in [2.05, 4.69) is 6.58 Å². The Balaban J connectivity index is 2.03. The van der Waals surface area contributed by atoms with Crippen LogP contribution < -0.4 is 0 Å². The van der Waals surface area contributed by atoms with Gasteiger partial charge >= 0.3 is 0 Å². The number of carbonyl (C=O) groups excluding carboxylic acids is 2. The molecule has 0 N–H and O–H groups in total. The smallest absolute Gasteiger partial charge is 0.254 e. The standard InChI is InChI=1S/C14H14Cl2N2O2/c1-2-13(19)17-5-7-18(8-6-17)14(20)10-3-4-11(15)12(16)9-10/h2-4,9H,1,5-8H2. The molecule has 1 aromatic rings. The molecule has 1 aliphatic heterocycles. The molecule has 2 amide bonds. The first-order valence-corrected chi connectivity index (χ1v) is 6.94. The van der Waals surface area contributed by atoms with Crippen LogP contribution in [0.1, 0.15) is 10.4 Å². The number of halogens is 2. The van der Waals surface area contributed by atoms with E-state index in [1.54, 1.807) is 28.0 Å². The Hall–Kier alpha value is -1.52. The largest absolute Gasteiger partial charge is 0.336 e. The van der Waals surface area contributed by atoms with Crippen molar-refractivity contribution in [1.29, 1.82) is 0 Å². The molecular weight excluding hydrogens is 299 g/mol. The fraction of sp³-hybridized carbons (Fsp3) is 0.286. The van der Waals surface area contributed by atoms with Gasteiger partial charge in [-0.2, -0.15) is 0 Å². The molecule has 6 heteroatoms. The van der Waals surface area contributed by atoms with Crippen LogP contribution in [0.15, 0.2) is 30.9 Å². The Morgan fingerprint density at radius 3 is 2.20 bits per heavy atom. The van der Waals surface area contributed by atoms with Gasteiger partial charge in [-0.05, 0) is 24.3 Å². The van der Waals surface area contributed by atoms with Crippen LogP contribution >= 0.6 is 23.2 Å². The lowest BCUT2D eigenvalue weighted by atomic mass is 10.2. The second-order valence-electron chi connectivity index (χ2n) is 4.45. The summed E-state index contributed by atoms with van der Waals surface area (Å²) in [6.45, 7) is 5.48. The summed E-state index contributed by atoms with van der Waals surface area (Å²) in [5.74, 6) is -0.207. The SMILES string of the molecule is C=CC(=O)N1CCN(C(=O)c2ccc(Cl)c(Cl)c2)CC1. The summed E-state index contributed by atoms with van der Waals surface area (Å²) in [7, 11) is 0. The average molecular weight is 313 g/mol. The summed E-state index contributed by atoms with van der Waals surface area (Å²) in [4.78, 5) is 27.2. The second-order valence-corrected chi connectivity index (χ2v) is 5.26. The fourth-order valence-electron chi connectivity index (χ4n) is 2.07. The van der Waals surface area contributed by atoms with Crippen LogP contribution in [0.4, 0.5) is 0 Å². The van der Waals surface area contributed by atoms with Gasteiger partial charge in [0.1, 0.15) is 0 Å². The van der Waals surface area contributed by atoms with Crippen molar-refractivity contribution in [1.82, 2.24) is 9.80 Å². The molecule has 0 spiro atoms. The molecule has 2 rings (SSSR count). The van der Waals surface area contributed by atoms with E-state index in [1.807, 2.05) is 0 Å². The van der Waals surface area contributed by atoms with Crippen molar-refractivity contribution >= 4 is 35.0 Å². The van der Waals surface area contributed by atoms with Crippen molar-refractivity contribution in [3.05, 3.63) is 46.5 Å². The third-order valence-electron chi connectivity index (χ3n) is 3.22. The number of piperazine rings is 1. The number of benzene rings is 1. The minimum Gasteiger partial charge on any atom is -0.336 e. The van der Waals surface area contributed by atoms with Gasteiger partial charge in [0, 0.05) is 31.7 Å². The Morgan fingerprint density at radius 1 is 1.05 bits per heavy atom. The quantitative estimate of drug-likeness (QED) is 0.787. The van der Waals surface area contributed by atoms with E-state index in [-0.39, 0.29) is 11.8 Å². The van der Waals surface area contributed by atoms with Gasteiger partial charge in [0.2, 0.25) is 5.91 Å². The van der Waals surface area contributed by atoms with E-state index in [4.69, 9.17) is 23.2 Å². The molecule has 1 fully saturated rings. The van der Waals surface area contributed by atoms with Crippen molar-refractivity contribution in [3.63, 3.8) is 0 Å². The van der Waals surface area contributed by atoms with Crippen molar-refractivity contribution in [2.45, 2.75) is 0 Å². The maximum atomic E-state index is 12.3. The van der Waals surface area contributed by atoms with Gasteiger partial charge in [-0.3, -0.25) is 9.59 Å². The topological polar surface area (TPSA) is 40.6 Å². The predicted octanol–water partition coefficient (Wildman–Crippen LogP) is 2.46. The van der Waals surface area contributed by atoms with E-state index < -0.39 is 0 Å². The molecule has 1 aliphatic rings. The third kappa shape index (κ3) is 3.14. The van der Waals surface area contributed by atoms with E-state index in [9.17, 15) is 9.59 Å². The van der Waals surface area contributed by atoms with Crippen LogP contribution in [0.3, 0.4) is 0 Å². The maximum absolute atomic E-state index is 12.3. The number of hydrogen-bond donors (Lipinski definition) is 0. The molecule has 106 valence electrons.